The number of amides is 1. The molecule has 8 heteroatoms. The first-order valence-electron chi connectivity index (χ1n) is 7.04. The number of carbonyl (C=O) groups excluding carboxylic acids is 1. The third-order valence-electron chi connectivity index (χ3n) is 3.44. The normalized spacial score (nSPS) is 13.4. The third-order valence-corrected chi connectivity index (χ3v) is 4.90. The van der Waals surface area contributed by atoms with Crippen molar-refractivity contribution >= 4 is 21.6 Å². The van der Waals surface area contributed by atoms with Gasteiger partial charge in [0.05, 0.1) is 16.1 Å². The molecule has 1 aliphatic rings. The molecule has 0 atom stereocenters. The SMILES string of the molecule is N#Cc1ccccc1S(=O)(=O)NCc1ccc2c(c1)NC(=O)CO2. The molecule has 0 saturated heterocycles. The lowest BCUT2D eigenvalue weighted by atomic mass is 10.1. The highest BCUT2D eigenvalue weighted by atomic mass is 32.2. The number of sulfonamides is 1. The monoisotopic (exact) mass is 343 g/mol. The van der Waals surface area contributed by atoms with E-state index in [1.54, 1.807) is 30.3 Å². The summed E-state index contributed by atoms with van der Waals surface area (Å²) in [5, 5.41) is 11.7. The summed E-state index contributed by atoms with van der Waals surface area (Å²) < 4.78 is 32.4. The van der Waals surface area contributed by atoms with Gasteiger partial charge in [-0.2, -0.15) is 5.26 Å². The van der Waals surface area contributed by atoms with Crippen molar-refractivity contribution < 1.29 is 17.9 Å². The Balaban J connectivity index is 1.79. The summed E-state index contributed by atoms with van der Waals surface area (Å²) in [6, 6.07) is 12.9. The van der Waals surface area contributed by atoms with Crippen LogP contribution in [0, 0.1) is 11.3 Å². The lowest BCUT2D eigenvalue weighted by Gasteiger charge is -2.18. The Morgan fingerprint density at radius 2 is 2.04 bits per heavy atom. The van der Waals surface area contributed by atoms with Crippen molar-refractivity contribution in [2.24, 2.45) is 0 Å². The fourth-order valence-corrected chi connectivity index (χ4v) is 3.46. The van der Waals surface area contributed by atoms with E-state index < -0.39 is 10.0 Å². The summed E-state index contributed by atoms with van der Waals surface area (Å²) >= 11 is 0. The number of nitrogens with zero attached hydrogens (tertiary/aromatic N) is 1. The number of nitriles is 1. The van der Waals surface area contributed by atoms with Crippen molar-refractivity contribution in [1.29, 1.82) is 5.26 Å². The molecular weight excluding hydrogens is 330 g/mol. The van der Waals surface area contributed by atoms with Gasteiger partial charge in [0.15, 0.2) is 6.61 Å². The predicted molar refractivity (Wildman–Crippen MR) is 85.7 cm³/mol. The number of hydrogen-bond acceptors (Lipinski definition) is 5. The molecule has 2 aromatic rings. The van der Waals surface area contributed by atoms with Crippen molar-refractivity contribution in [2.75, 3.05) is 11.9 Å². The molecule has 0 bridgehead atoms. The van der Waals surface area contributed by atoms with Crippen LogP contribution in [0.1, 0.15) is 11.1 Å². The zero-order chi connectivity index (χ0) is 17.2. The highest BCUT2D eigenvalue weighted by molar-refractivity contribution is 7.89. The van der Waals surface area contributed by atoms with Crippen LogP contribution in [0.5, 0.6) is 5.75 Å². The van der Waals surface area contributed by atoms with E-state index in [1.165, 1.54) is 12.1 Å². The molecule has 2 N–H and O–H groups in total. The first kappa shape index (κ1) is 16.0. The summed E-state index contributed by atoms with van der Waals surface area (Å²) in [6.07, 6.45) is 0. The molecular formula is C16H13N3O4S. The number of hydrogen-bond donors (Lipinski definition) is 2. The van der Waals surface area contributed by atoms with Gasteiger partial charge in [0.2, 0.25) is 10.0 Å². The van der Waals surface area contributed by atoms with Crippen LogP contribution < -0.4 is 14.8 Å². The fourth-order valence-electron chi connectivity index (χ4n) is 2.29. The first-order valence-corrected chi connectivity index (χ1v) is 8.52. The Hall–Kier alpha value is -2.89. The molecule has 0 fully saturated rings. The fraction of sp³-hybridized carbons (Fsp3) is 0.125. The third kappa shape index (κ3) is 3.22. The molecule has 1 amide bonds. The van der Waals surface area contributed by atoms with E-state index in [-0.39, 0.29) is 29.5 Å². The second-order valence-electron chi connectivity index (χ2n) is 5.10. The van der Waals surface area contributed by atoms with Gasteiger partial charge in [0, 0.05) is 6.54 Å². The van der Waals surface area contributed by atoms with Crippen molar-refractivity contribution in [3.8, 4) is 11.8 Å². The molecule has 1 aliphatic heterocycles. The molecule has 0 aliphatic carbocycles. The van der Waals surface area contributed by atoms with Crippen molar-refractivity contribution in [2.45, 2.75) is 11.4 Å². The van der Waals surface area contributed by atoms with E-state index in [2.05, 4.69) is 10.0 Å². The van der Waals surface area contributed by atoms with E-state index in [4.69, 9.17) is 10.00 Å². The second-order valence-corrected chi connectivity index (χ2v) is 6.84. The maximum atomic E-state index is 12.4. The van der Waals surface area contributed by atoms with Crippen LogP contribution in [0.25, 0.3) is 0 Å². The van der Waals surface area contributed by atoms with E-state index >= 15 is 0 Å². The summed E-state index contributed by atoms with van der Waals surface area (Å²) in [4.78, 5) is 11.3. The van der Waals surface area contributed by atoms with Crippen LogP contribution in [0.3, 0.4) is 0 Å². The Morgan fingerprint density at radius 1 is 1.25 bits per heavy atom. The Kier molecular flexibility index (Phi) is 4.20. The van der Waals surface area contributed by atoms with Gasteiger partial charge in [-0.15, -0.1) is 0 Å². The minimum absolute atomic E-state index is 0.0191. The summed E-state index contributed by atoms with van der Waals surface area (Å²) in [7, 11) is -3.82. The lowest BCUT2D eigenvalue weighted by Crippen LogP contribution is -2.26. The van der Waals surface area contributed by atoms with Gasteiger partial charge in [0.25, 0.3) is 5.91 Å². The molecule has 3 rings (SSSR count). The molecule has 0 unspecified atom stereocenters. The van der Waals surface area contributed by atoms with Crippen molar-refractivity contribution in [3.63, 3.8) is 0 Å². The largest absolute Gasteiger partial charge is 0.482 e. The first-order chi connectivity index (χ1) is 11.5. The van der Waals surface area contributed by atoms with Gasteiger partial charge in [-0.25, -0.2) is 13.1 Å². The van der Waals surface area contributed by atoms with Gasteiger partial charge in [0.1, 0.15) is 11.8 Å². The number of anilines is 1. The van der Waals surface area contributed by atoms with Gasteiger partial charge in [-0.3, -0.25) is 4.79 Å². The second kappa shape index (κ2) is 6.31. The Bertz CT molecular complexity index is 948. The topological polar surface area (TPSA) is 108 Å². The summed E-state index contributed by atoms with van der Waals surface area (Å²) in [5.74, 6) is 0.277. The molecule has 0 aromatic heterocycles. The number of ether oxygens (including phenoxy) is 1. The quantitative estimate of drug-likeness (QED) is 0.871. The number of nitrogens with one attached hydrogen (secondary N) is 2. The summed E-state index contributed by atoms with van der Waals surface area (Å²) in [5.41, 5.74) is 1.23. The lowest BCUT2D eigenvalue weighted by molar-refractivity contribution is -0.118. The van der Waals surface area contributed by atoms with Crippen molar-refractivity contribution in [3.05, 3.63) is 53.6 Å². The van der Waals surface area contributed by atoms with Crippen LogP contribution in [0.4, 0.5) is 5.69 Å². The number of benzene rings is 2. The van der Waals surface area contributed by atoms with Crippen LogP contribution in [0.2, 0.25) is 0 Å². The summed E-state index contributed by atoms with van der Waals surface area (Å²) in [6.45, 7) is -0.0187. The molecule has 24 heavy (non-hydrogen) atoms. The Morgan fingerprint density at radius 3 is 2.83 bits per heavy atom. The van der Waals surface area contributed by atoms with Gasteiger partial charge in [-0.1, -0.05) is 18.2 Å². The van der Waals surface area contributed by atoms with E-state index in [0.29, 0.717) is 17.0 Å². The molecule has 1 heterocycles. The van der Waals surface area contributed by atoms with Gasteiger partial charge < -0.3 is 10.1 Å². The van der Waals surface area contributed by atoms with Crippen LogP contribution in [-0.4, -0.2) is 20.9 Å². The number of fused-ring (bicyclic) bond motifs is 1. The minimum atomic E-state index is -3.82. The molecule has 7 nitrogen and oxygen atoms in total. The number of carbonyl (C=O) groups is 1. The maximum absolute atomic E-state index is 12.4. The smallest absolute Gasteiger partial charge is 0.262 e. The van der Waals surface area contributed by atoms with E-state index in [1.807, 2.05) is 6.07 Å². The van der Waals surface area contributed by atoms with Crippen LogP contribution in [-0.2, 0) is 21.4 Å². The van der Waals surface area contributed by atoms with Crippen LogP contribution in [0.15, 0.2) is 47.4 Å². The zero-order valence-corrected chi connectivity index (χ0v) is 13.3. The van der Waals surface area contributed by atoms with Gasteiger partial charge >= 0.3 is 0 Å². The van der Waals surface area contributed by atoms with Crippen molar-refractivity contribution in [1.82, 2.24) is 4.72 Å². The molecule has 0 saturated carbocycles. The average Bonchev–Trinajstić information content (AvgIpc) is 2.59. The molecule has 0 radical (unpaired) electrons. The standard InChI is InChI=1S/C16H13N3O4S/c17-8-12-3-1-2-4-15(12)24(21,22)18-9-11-5-6-14-13(7-11)19-16(20)10-23-14/h1-7,18H,9-10H2,(H,19,20). The highest BCUT2D eigenvalue weighted by Crippen LogP contribution is 2.28. The number of rotatable bonds is 4. The van der Waals surface area contributed by atoms with E-state index in [0.717, 1.165) is 0 Å². The molecule has 0 spiro atoms. The van der Waals surface area contributed by atoms with Crippen LogP contribution >= 0.6 is 0 Å². The molecule has 2 aromatic carbocycles. The Labute approximate surface area is 138 Å². The van der Waals surface area contributed by atoms with Gasteiger partial charge in [-0.05, 0) is 29.8 Å². The maximum Gasteiger partial charge on any atom is 0.262 e. The molecule has 122 valence electrons. The minimum Gasteiger partial charge on any atom is -0.482 e. The van der Waals surface area contributed by atoms with E-state index in [9.17, 15) is 13.2 Å². The predicted octanol–water partition coefficient (Wildman–Crippen LogP) is 1.37. The highest BCUT2D eigenvalue weighted by Gasteiger charge is 2.19. The average molecular weight is 343 g/mol. The zero-order valence-electron chi connectivity index (χ0n) is 12.4.